The van der Waals surface area contributed by atoms with Crippen molar-refractivity contribution in [2.75, 3.05) is 5.73 Å². The van der Waals surface area contributed by atoms with Crippen LogP contribution >= 0.6 is 22.9 Å². The molecule has 3 aromatic rings. The van der Waals surface area contributed by atoms with E-state index in [1.54, 1.807) is 18.2 Å². The molecule has 6 N–H and O–H groups in total. The van der Waals surface area contributed by atoms with Crippen molar-refractivity contribution in [2.45, 2.75) is 13.0 Å². The molecular formula is C16H16ClN4O2S+. The standard InChI is InChI=1S/C16H15ClN4O2S/c1-8(9-4-2-3-5-10(9)17)23-12-7-13(24-15(12)16(19)22)11-6-14(18)21-20-11/h2-8H,1H3,(H2,19,22)(H3,18,20,21)/p+1. The molecule has 1 unspecified atom stereocenters. The number of H-pyrrole nitrogens is 2. The summed E-state index contributed by atoms with van der Waals surface area (Å²) in [7, 11) is 0. The molecule has 24 heavy (non-hydrogen) atoms. The van der Waals surface area contributed by atoms with E-state index in [0.717, 1.165) is 16.1 Å². The minimum absolute atomic E-state index is 0.334. The summed E-state index contributed by atoms with van der Waals surface area (Å²) in [4.78, 5) is 12.9. The lowest BCUT2D eigenvalue weighted by molar-refractivity contribution is -0.432. The number of anilines is 1. The number of primary amides is 1. The first-order valence-electron chi connectivity index (χ1n) is 7.17. The van der Waals surface area contributed by atoms with Gasteiger partial charge in [-0.25, -0.2) is 5.10 Å². The lowest BCUT2D eigenvalue weighted by Crippen LogP contribution is -2.12. The molecule has 0 aliphatic carbocycles. The number of benzene rings is 1. The minimum atomic E-state index is -0.545. The first kappa shape index (κ1) is 16.4. The zero-order valence-electron chi connectivity index (χ0n) is 12.8. The third-order valence-corrected chi connectivity index (χ3v) is 4.98. The van der Waals surface area contributed by atoms with E-state index in [-0.39, 0.29) is 6.10 Å². The molecule has 0 saturated carbocycles. The Labute approximate surface area is 147 Å². The Kier molecular flexibility index (Phi) is 4.46. The third-order valence-electron chi connectivity index (χ3n) is 3.48. The topological polar surface area (TPSA) is 108 Å². The summed E-state index contributed by atoms with van der Waals surface area (Å²) in [6.07, 6.45) is -0.334. The van der Waals surface area contributed by atoms with Gasteiger partial charge < -0.3 is 10.5 Å². The van der Waals surface area contributed by atoms with Crippen molar-refractivity contribution in [3.63, 3.8) is 0 Å². The van der Waals surface area contributed by atoms with Crippen LogP contribution in [0, 0.1) is 0 Å². The van der Waals surface area contributed by atoms with Gasteiger partial charge in [0.1, 0.15) is 16.7 Å². The molecule has 124 valence electrons. The molecule has 1 atom stereocenters. The molecule has 0 aliphatic rings. The molecule has 0 fully saturated rings. The van der Waals surface area contributed by atoms with Crippen LogP contribution in [-0.4, -0.2) is 11.0 Å². The second kappa shape index (κ2) is 6.54. The summed E-state index contributed by atoms with van der Waals surface area (Å²) in [6.45, 7) is 1.86. The highest BCUT2D eigenvalue weighted by Gasteiger charge is 2.21. The number of rotatable bonds is 5. The molecule has 1 aromatic carbocycles. The Morgan fingerprint density at radius 2 is 2.12 bits per heavy atom. The van der Waals surface area contributed by atoms with Crippen molar-refractivity contribution in [2.24, 2.45) is 5.73 Å². The van der Waals surface area contributed by atoms with Gasteiger partial charge in [0.25, 0.3) is 11.7 Å². The Morgan fingerprint density at radius 3 is 2.75 bits per heavy atom. The second-order valence-corrected chi connectivity index (χ2v) is 6.67. The van der Waals surface area contributed by atoms with E-state index in [2.05, 4.69) is 10.2 Å². The highest BCUT2D eigenvalue weighted by molar-refractivity contribution is 7.17. The van der Waals surface area contributed by atoms with Gasteiger partial charge in [-0.3, -0.25) is 10.5 Å². The number of nitrogens with two attached hydrogens (primary N) is 2. The highest BCUT2D eigenvalue weighted by atomic mass is 35.5. The Morgan fingerprint density at radius 1 is 1.38 bits per heavy atom. The number of aromatic amines is 2. The van der Waals surface area contributed by atoms with Crippen LogP contribution in [0.3, 0.4) is 0 Å². The Hall–Kier alpha value is -2.51. The van der Waals surface area contributed by atoms with Gasteiger partial charge in [0.2, 0.25) is 0 Å². The third kappa shape index (κ3) is 3.22. The molecule has 2 aromatic heterocycles. The number of hydrogen-bond donors (Lipinski definition) is 3. The fourth-order valence-corrected chi connectivity index (χ4v) is 3.53. The largest absolute Gasteiger partial charge is 0.484 e. The first-order chi connectivity index (χ1) is 11.5. The Bertz CT molecular complexity index is 890. The van der Waals surface area contributed by atoms with Crippen LogP contribution < -0.4 is 21.3 Å². The number of aromatic nitrogens is 2. The van der Waals surface area contributed by atoms with Crippen molar-refractivity contribution in [3.8, 4) is 16.3 Å². The van der Waals surface area contributed by atoms with Gasteiger partial charge >= 0.3 is 0 Å². The van der Waals surface area contributed by atoms with E-state index in [1.807, 2.05) is 25.1 Å². The number of carbonyl (C=O) groups excluding carboxylic acids is 1. The molecular weight excluding hydrogens is 348 g/mol. The van der Waals surface area contributed by atoms with Gasteiger partial charge in [0.05, 0.1) is 16.6 Å². The number of nitrogens with one attached hydrogen (secondary N) is 2. The van der Waals surface area contributed by atoms with Crippen molar-refractivity contribution in [1.29, 1.82) is 0 Å². The number of ether oxygens (including phenoxy) is 1. The minimum Gasteiger partial charge on any atom is -0.484 e. The maximum Gasteiger partial charge on any atom is 0.291 e. The zero-order valence-corrected chi connectivity index (χ0v) is 14.4. The Balaban J connectivity index is 1.93. The highest BCUT2D eigenvalue weighted by Crippen LogP contribution is 2.38. The van der Waals surface area contributed by atoms with Crippen LogP contribution in [0.5, 0.6) is 5.75 Å². The lowest BCUT2D eigenvalue weighted by atomic mass is 10.1. The van der Waals surface area contributed by atoms with Gasteiger partial charge in [-0.2, -0.15) is 5.10 Å². The summed E-state index contributed by atoms with van der Waals surface area (Å²) in [6, 6.07) is 10.9. The van der Waals surface area contributed by atoms with Crippen LogP contribution in [0.2, 0.25) is 5.02 Å². The molecule has 0 radical (unpaired) electrons. The number of nitrogen functional groups attached to an aromatic ring is 1. The number of carbonyl (C=O) groups is 1. The fraction of sp³-hybridized carbons (Fsp3) is 0.125. The SMILES string of the molecule is CC(Oc1cc(-c2cc(N)[nH+][nH]2)sc1C(N)=O)c1ccccc1Cl. The van der Waals surface area contributed by atoms with E-state index in [1.165, 1.54) is 11.3 Å². The van der Waals surface area contributed by atoms with Crippen LogP contribution in [0.4, 0.5) is 5.82 Å². The van der Waals surface area contributed by atoms with Crippen molar-refractivity contribution < 1.29 is 14.6 Å². The average molecular weight is 364 g/mol. The fourth-order valence-electron chi connectivity index (χ4n) is 2.32. The maximum atomic E-state index is 11.7. The summed E-state index contributed by atoms with van der Waals surface area (Å²) in [5.74, 6) is 0.366. The molecule has 0 spiro atoms. The molecule has 1 amide bonds. The summed E-state index contributed by atoms with van der Waals surface area (Å²) < 4.78 is 5.95. The monoisotopic (exact) mass is 363 g/mol. The van der Waals surface area contributed by atoms with E-state index in [0.29, 0.717) is 21.5 Å². The summed E-state index contributed by atoms with van der Waals surface area (Å²) in [5.41, 5.74) is 12.7. The zero-order chi connectivity index (χ0) is 17.3. The average Bonchev–Trinajstić information content (AvgIpc) is 3.14. The van der Waals surface area contributed by atoms with Crippen LogP contribution in [0.1, 0.15) is 28.3 Å². The van der Waals surface area contributed by atoms with E-state index in [9.17, 15) is 4.79 Å². The van der Waals surface area contributed by atoms with Crippen LogP contribution in [0.25, 0.3) is 10.6 Å². The molecule has 0 aliphatic heterocycles. The molecule has 2 heterocycles. The number of hydrogen-bond acceptors (Lipinski definition) is 4. The molecule has 6 nitrogen and oxygen atoms in total. The van der Waals surface area contributed by atoms with Crippen LogP contribution in [-0.2, 0) is 0 Å². The van der Waals surface area contributed by atoms with Crippen molar-refractivity contribution >= 4 is 34.7 Å². The normalized spacial score (nSPS) is 12.1. The smallest absolute Gasteiger partial charge is 0.291 e. The van der Waals surface area contributed by atoms with Gasteiger partial charge in [-0.1, -0.05) is 29.8 Å². The van der Waals surface area contributed by atoms with Gasteiger partial charge in [-0.15, -0.1) is 11.3 Å². The van der Waals surface area contributed by atoms with Gasteiger partial charge in [-0.05, 0) is 13.0 Å². The lowest BCUT2D eigenvalue weighted by Gasteiger charge is -2.16. The first-order valence-corrected chi connectivity index (χ1v) is 8.36. The summed E-state index contributed by atoms with van der Waals surface area (Å²) >= 11 is 7.44. The molecule has 0 bridgehead atoms. The van der Waals surface area contributed by atoms with E-state index < -0.39 is 5.91 Å². The van der Waals surface area contributed by atoms with Crippen molar-refractivity contribution in [1.82, 2.24) is 5.10 Å². The predicted octanol–water partition coefficient (Wildman–Crippen LogP) is 3.03. The number of halogens is 1. The second-order valence-electron chi connectivity index (χ2n) is 5.21. The number of thiophene rings is 1. The molecule has 3 rings (SSSR count). The van der Waals surface area contributed by atoms with E-state index in [4.69, 9.17) is 27.8 Å². The molecule has 0 saturated heterocycles. The molecule has 8 heteroatoms. The summed E-state index contributed by atoms with van der Waals surface area (Å²) in [5, 5.41) is 6.32. The van der Waals surface area contributed by atoms with Crippen LogP contribution in [0.15, 0.2) is 36.4 Å². The van der Waals surface area contributed by atoms with Crippen molar-refractivity contribution in [3.05, 3.63) is 51.9 Å². The van der Waals surface area contributed by atoms with Gasteiger partial charge in [0, 0.05) is 16.7 Å². The maximum absolute atomic E-state index is 11.7. The predicted molar refractivity (Wildman–Crippen MR) is 94.1 cm³/mol. The van der Waals surface area contributed by atoms with Gasteiger partial charge in [0.15, 0.2) is 0 Å². The number of amides is 1. The quantitative estimate of drug-likeness (QED) is 0.648. The van der Waals surface area contributed by atoms with E-state index >= 15 is 0 Å².